The number of hydrogen-bond donors (Lipinski definition) is 0. The van der Waals surface area contributed by atoms with E-state index in [-0.39, 0.29) is 0 Å². The molecule has 0 saturated carbocycles. The van der Waals surface area contributed by atoms with Gasteiger partial charge in [-0.3, -0.25) is 0 Å². The Balaban J connectivity index is 1.15. The van der Waals surface area contributed by atoms with Crippen LogP contribution >= 0.6 is 11.3 Å². The molecular weight excluding hydrogens is 711 g/mol. The Morgan fingerprint density at radius 1 is 0.351 bits per heavy atom. The molecule has 268 valence electrons. The van der Waals surface area contributed by atoms with E-state index in [2.05, 4.69) is 211 Å². The van der Waals surface area contributed by atoms with Crippen molar-refractivity contribution in [3.8, 4) is 44.5 Å². The zero-order valence-electron chi connectivity index (χ0n) is 31.0. The second-order valence-electron chi connectivity index (χ2n) is 14.5. The first kappa shape index (κ1) is 33.2. The van der Waals surface area contributed by atoms with E-state index < -0.39 is 0 Å². The molecule has 0 aliphatic heterocycles. The van der Waals surface area contributed by atoms with E-state index in [1.54, 1.807) is 0 Å². The van der Waals surface area contributed by atoms with Gasteiger partial charge >= 0.3 is 0 Å². The van der Waals surface area contributed by atoms with E-state index in [0.717, 1.165) is 61.3 Å². The summed E-state index contributed by atoms with van der Waals surface area (Å²) in [5.41, 5.74) is 14.4. The van der Waals surface area contributed by atoms with Crippen molar-refractivity contribution in [3.63, 3.8) is 0 Å². The van der Waals surface area contributed by atoms with Gasteiger partial charge in [-0.1, -0.05) is 164 Å². The number of furan rings is 1. The topological polar surface area (TPSA) is 16.4 Å². The van der Waals surface area contributed by atoms with Crippen molar-refractivity contribution in [1.82, 2.24) is 0 Å². The summed E-state index contributed by atoms with van der Waals surface area (Å²) < 4.78 is 9.16. The van der Waals surface area contributed by atoms with Gasteiger partial charge in [-0.2, -0.15) is 0 Å². The average Bonchev–Trinajstić information content (AvgIpc) is 3.87. The van der Waals surface area contributed by atoms with E-state index in [4.69, 9.17) is 4.42 Å². The van der Waals surface area contributed by atoms with Crippen molar-refractivity contribution in [1.29, 1.82) is 0 Å². The van der Waals surface area contributed by atoms with Crippen molar-refractivity contribution in [2.75, 3.05) is 4.90 Å². The van der Waals surface area contributed by atoms with E-state index in [1.807, 2.05) is 17.4 Å². The van der Waals surface area contributed by atoms with Crippen molar-refractivity contribution >= 4 is 70.5 Å². The minimum atomic E-state index is 0.895. The van der Waals surface area contributed by atoms with Gasteiger partial charge in [0.1, 0.15) is 11.2 Å². The monoisotopic (exact) mass is 745 g/mol. The molecule has 0 radical (unpaired) electrons. The summed E-state index contributed by atoms with van der Waals surface area (Å²) in [6.45, 7) is 0. The molecule has 2 nitrogen and oxygen atoms in total. The molecule has 0 unspecified atom stereocenters. The lowest BCUT2D eigenvalue weighted by Gasteiger charge is -2.27. The van der Waals surface area contributed by atoms with E-state index >= 15 is 0 Å². The molecule has 0 bridgehead atoms. The molecule has 0 aliphatic carbocycles. The molecule has 0 spiro atoms. The zero-order valence-corrected chi connectivity index (χ0v) is 31.8. The van der Waals surface area contributed by atoms with Crippen LogP contribution in [0.5, 0.6) is 0 Å². The number of thiophene rings is 1. The van der Waals surface area contributed by atoms with E-state index in [9.17, 15) is 0 Å². The smallest absolute Gasteiger partial charge is 0.143 e. The number of anilines is 3. The molecule has 11 aromatic rings. The highest BCUT2D eigenvalue weighted by atomic mass is 32.1. The minimum Gasteiger partial charge on any atom is -0.455 e. The molecule has 2 aromatic heterocycles. The highest BCUT2D eigenvalue weighted by Crippen LogP contribution is 2.47. The van der Waals surface area contributed by atoms with Crippen molar-refractivity contribution in [2.24, 2.45) is 0 Å². The zero-order chi connectivity index (χ0) is 37.7. The second-order valence-corrected chi connectivity index (χ2v) is 15.5. The highest BCUT2D eigenvalue weighted by Gasteiger charge is 2.21. The second kappa shape index (κ2) is 13.8. The van der Waals surface area contributed by atoms with Gasteiger partial charge in [0.05, 0.1) is 10.4 Å². The Labute approximate surface area is 335 Å². The van der Waals surface area contributed by atoms with E-state index in [0.29, 0.717) is 0 Å². The van der Waals surface area contributed by atoms with Crippen molar-refractivity contribution in [3.05, 3.63) is 212 Å². The van der Waals surface area contributed by atoms with Crippen LogP contribution in [0, 0.1) is 0 Å². The SMILES string of the molecule is c1ccc(-c2cc(-c3cccc4c3oc3ccccc34)cc(N(c3ccc(-c4ccccc4-c4ccccc4)cc3)c3cccc4c3sc3ccccc34)c2)cc1. The molecule has 0 fully saturated rings. The summed E-state index contributed by atoms with van der Waals surface area (Å²) in [6.07, 6.45) is 0. The largest absolute Gasteiger partial charge is 0.455 e. The predicted octanol–water partition coefficient (Wildman–Crippen LogP) is 16.1. The lowest BCUT2D eigenvalue weighted by molar-refractivity contribution is 0.670. The van der Waals surface area contributed by atoms with Gasteiger partial charge in [0.15, 0.2) is 0 Å². The van der Waals surface area contributed by atoms with Crippen LogP contribution in [0.2, 0.25) is 0 Å². The predicted molar refractivity (Wildman–Crippen MR) is 243 cm³/mol. The van der Waals surface area contributed by atoms with Gasteiger partial charge in [0, 0.05) is 43.2 Å². The fourth-order valence-electron chi connectivity index (χ4n) is 8.40. The van der Waals surface area contributed by atoms with Gasteiger partial charge in [-0.25, -0.2) is 0 Å². The molecule has 0 N–H and O–H groups in total. The van der Waals surface area contributed by atoms with Crippen LogP contribution in [0.25, 0.3) is 86.6 Å². The third-order valence-electron chi connectivity index (χ3n) is 11.1. The van der Waals surface area contributed by atoms with Crippen LogP contribution in [0.3, 0.4) is 0 Å². The maximum Gasteiger partial charge on any atom is 0.143 e. The molecule has 3 heteroatoms. The maximum absolute atomic E-state index is 6.63. The first-order chi connectivity index (χ1) is 28.3. The molecule has 0 atom stereocenters. The Morgan fingerprint density at radius 2 is 0.930 bits per heavy atom. The molecule has 2 heterocycles. The summed E-state index contributed by atoms with van der Waals surface area (Å²) in [5, 5.41) is 4.79. The first-order valence-electron chi connectivity index (χ1n) is 19.3. The summed E-state index contributed by atoms with van der Waals surface area (Å²) in [5.74, 6) is 0. The lowest BCUT2D eigenvalue weighted by atomic mass is 9.94. The Bertz CT molecular complexity index is 3230. The highest BCUT2D eigenvalue weighted by molar-refractivity contribution is 7.26. The number of para-hydroxylation sites is 2. The van der Waals surface area contributed by atoms with Gasteiger partial charge in [0.25, 0.3) is 0 Å². The number of fused-ring (bicyclic) bond motifs is 6. The Morgan fingerprint density at radius 3 is 1.72 bits per heavy atom. The summed E-state index contributed by atoms with van der Waals surface area (Å²) >= 11 is 1.85. The average molecular weight is 746 g/mol. The number of rotatable bonds is 7. The standard InChI is InChI=1S/C54H35NOS/c1-3-15-36(16-4-1)39-33-40(45-23-13-24-48-46-21-9-11-27-51(46)56-53(45)48)35-42(34-39)55(50-26-14-25-49-47-22-10-12-28-52(47)57-54(49)50)41-31-29-38(30-32-41)44-20-8-7-19-43(44)37-17-5-2-6-18-37/h1-35H. The van der Waals surface area contributed by atoms with Crippen LogP contribution in [0.4, 0.5) is 17.1 Å². The quantitative estimate of drug-likeness (QED) is 0.162. The molecular formula is C54H35NOS. The van der Waals surface area contributed by atoms with Crippen molar-refractivity contribution < 1.29 is 4.42 Å². The summed E-state index contributed by atoms with van der Waals surface area (Å²) in [6, 6.07) is 76.4. The van der Waals surface area contributed by atoms with Crippen LogP contribution in [-0.2, 0) is 0 Å². The van der Waals surface area contributed by atoms with Crippen LogP contribution < -0.4 is 4.90 Å². The molecule has 57 heavy (non-hydrogen) atoms. The molecule has 0 saturated heterocycles. The van der Waals surface area contributed by atoms with Gasteiger partial charge in [-0.15, -0.1) is 11.3 Å². The fraction of sp³-hybridized carbons (Fsp3) is 0. The minimum absolute atomic E-state index is 0.895. The van der Waals surface area contributed by atoms with Crippen LogP contribution in [0.1, 0.15) is 0 Å². The van der Waals surface area contributed by atoms with Crippen LogP contribution in [-0.4, -0.2) is 0 Å². The summed E-state index contributed by atoms with van der Waals surface area (Å²) in [4.78, 5) is 2.44. The van der Waals surface area contributed by atoms with Crippen molar-refractivity contribution in [2.45, 2.75) is 0 Å². The maximum atomic E-state index is 6.63. The van der Waals surface area contributed by atoms with E-state index in [1.165, 1.54) is 42.4 Å². The van der Waals surface area contributed by atoms with Crippen LogP contribution in [0.15, 0.2) is 217 Å². The Kier molecular flexibility index (Phi) is 8.04. The molecule has 9 aromatic carbocycles. The third kappa shape index (κ3) is 5.80. The molecule has 0 amide bonds. The lowest BCUT2D eigenvalue weighted by Crippen LogP contribution is -2.10. The third-order valence-corrected chi connectivity index (χ3v) is 12.3. The van der Waals surface area contributed by atoms with Gasteiger partial charge in [-0.05, 0) is 87.5 Å². The normalized spacial score (nSPS) is 11.5. The fourth-order valence-corrected chi connectivity index (χ4v) is 9.60. The number of hydrogen-bond acceptors (Lipinski definition) is 3. The number of nitrogens with zero attached hydrogens (tertiary/aromatic N) is 1. The number of benzene rings is 9. The van der Waals surface area contributed by atoms with Gasteiger partial charge in [0.2, 0.25) is 0 Å². The summed E-state index contributed by atoms with van der Waals surface area (Å²) in [7, 11) is 0. The van der Waals surface area contributed by atoms with Gasteiger partial charge < -0.3 is 9.32 Å². The molecule has 0 aliphatic rings. The Hall–Kier alpha value is -7.20. The molecule has 11 rings (SSSR count). The first-order valence-corrected chi connectivity index (χ1v) is 20.1.